The van der Waals surface area contributed by atoms with Crippen LogP contribution >= 0.6 is 0 Å². The number of benzene rings is 2. The maximum absolute atomic E-state index is 13.1. The number of carbonyl (C=O) groups is 1. The van der Waals surface area contributed by atoms with Gasteiger partial charge < -0.3 is 10.6 Å². The molecule has 0 fully saturated rings. The maximum Gasteiger partial charge on any atom is 0.416 e. The van der Waals surface area contributed by atoms with Crippen molar-refractivity contribution >= 4 is 23.2 Å². The lowest BCUT2D eigenvalue weighted by Crippen LogP contribution is -2.24. The fraction of sp³-hybridized carbons (Fsp3) is 0.364. The zero-order chi connectivity index (χ0) is 30.9. The number of aryl methyl sites for hydroxylation is 3. The number of anilines is 3. The van der Waals surface area contributed by atoms with Crippen molar-refractivity contribution < 1.29 is 18.0 Å². The van der Waals surface area contributed by atoms with Crippen LogP contribution in [0.15, 0.2) is 60.8 Å². The largest absolute Gasteiger partial charge is 0.416 e. The van der Waals surface area contributed by atoms with Gasteiger partial charge in [-0.05, 0) is 106 Å². The molecule has 0 unspecified atom stereocenters. The van der Waals surface area contributed by atoms with Crippen molar-refractivity contribution in [1.82, 2.24) is 19.7 Å². The van der Waals surface area contributed by atoms with E-state index in [-0.39, 0.29) is 11.1 Å². The quantitative estimate of drug-likeness (QED) is 0.223. The van der Waals surface area contributed by atoms with Crippen molar-refractivity contribution in [3.8, 4) is 0 Å². The molecule has 43 heavy (non-hydrogen) atoms. The molecule has 0 saturated carbocycles. The molecule has 0 saturated heterocycles. The number of fused-ring (bicyclic) bond motifs is 1. The van der Waals surface area contributed by atoms with E-state index in [1.165, 1.54) is 23.3 Å². The number of nitrogens with one attached hydrogen (secondary N) is 2. The minimum absolute atomic E-state index is 0.0507. The van der Waals surface area contributed by atoms with E-state index in [1.807, 2.05) is 36.0 Å². The van der Waals surface area contributed by atoms with E-state index in [4.69, 9.17) is 5.10 Å². The van der Waals surface area contributed by atoms with E-state index >= 15 is 0 Å². The molecule has 1 amide bonds. The molecule has 10 heteroatoms. The number of nitrogens with zero attached hydrogens (tertiary/aromatic N) is 4. The molecule has 2 aromatic carbocycles. The normalized spacial score (nSPS) is 13.7. The van der Waals surface area contributed by atoms with Gasteiger partial charge in [0.25, 0.3) is 5.91 Å². The Morgan fingerprint density at radius 2 is 1.74 bits per heavy atom. The molecular formula is C33H37F3N6O. The number of aromatic nitrogens is 3. The standard InChI is InChI=1S/C33H37F3N6O/c1-6-41-19-24-16-29(37-18-25(24)20-41)39-30-17-28(40-42(30)32(3,4)5)13-11-22-15-27(12-10-21(22)2)38-31(43)23-8-7-9-26(14-23)33(34,35)36/h7-10,12,14-18H,6,11,13,19-20H2,1-5H3,(H,37,39)(H,38,43). The number of halogens is 3. The predicted octanol–water partition coefficient (Wildman–Crippen LogP) is 7.48. The second-order valence-electron chi connectivity index (χ2n) is 12.0. The van der Waals surface area contributed by atoms with Crippen LogP contribution < -0.4 is 10.6 Å². The van der Waals surface area contributed by atoms with Gasteiger partial charge in [0.2, 0.25) is 0 Å². The second kappa shape index (κ2) is 11.8. The van der Waals surface area contributed by atoms with Gasteiger partial charge in [-0.15, -0.1) is 0 Å². The van der Waals surface area contributed by atoms with Crippen LogP contribution in [-0.4, -0.2) is 32.1 Å². The molecule has 1 aliphatic heterocycles. The molecule has 2 aromatic heterocycles. The zero-order valence-electron chi connectivity index (χ0n) is 25.1. The number of rotatable bonds is 8. The van der Waals surface area contributed by atoms with Gasteiger partial charge in [-0.3, -0.25) is 9.69 Å². The number of amides is 1. The highest BCUT2D eigenvalue weighted by Crippen LogP contribution is 2.31. The minimum Gasteiger partial charge on any atom is -0.325 e. The monoisotopic (exact) mass is 590 g/mol. The Kier molecular flexibility index (Phi) is 8.34. The number of pyridine rings is 1. The van der Waals surface area contributed by atoms with Gasteiger partial charge in [0.1, 0.15) is 11.6 Å². The topological polar surface area (TPSA) is 75.1 Å². The van der Waals surface area contributed by atoms with Crippen LogP contribution in [0.2, 0.25) is 0 Å². The first-order chi connectivity index (χ1) is 20.3. The van der Waals surface area contributed by atoms with Gasteiger partial charge in [0, 0.05) is 36.6 Å². The fourth-order valence-electron chi connectivity index (χ4n) is 5.25. The molecule has 5 rings (SSSR count). The maximum atomic E-state index is 13.1. The first-order valence-electron chi connectivity index (χ1n) is 14.4. The lowest BCUT2D eigenvalue weighted by molar-refractivity contribution is -0.137. The van der Waals surface area contributed by atoms with Crippen LogP contribution in [0.4, 0.5) is 30.5 Å². The van der Waals surface area contributed by atoms with E-state index in [0.29, 0.717) is 18.5 Å². The SMILES string of the molecule is CCN1Cc2cnc(Nc3cc(CCc4cc(NC(=O)c5cccc(C(F)(F)F)c5)ccc4C)nn3C(C)(C)C)cc2C1. The molecule has 4 aromatic rings. The molecule has 0 radical (unpaired) electrons. The molecule has 226 valence electrons. The molecule has 0 bridgehead atoms. The van der Waals surface area contributed by atoms with E-state index in [9.17, 15) is 18.0 Å². The lowest BCUT2D eigenvalue weighted by Gasteiger charge is -2.22. The molecule has 1 aliphatic rings. The summed E-state index contributed by atoms with van der Waals surface area (Å²) in [7, 11) is 0. The summed E-state index contributed by atoms with van der Waals surface area (Å²) < 4.78 is 41.3. The molecule has 0 aliphatic carbocycles. The first-order valence-corrected chi connectivity index (χ1v) is 14.4. The Morgan fingerprint density at radius 1 is 0.977 bits per heavy atom. The number of alkyl halides is 3. The van der Waals surface area contributed by atoms with Crippen molar-refractivity contribution in [3.63, 3.8) is 0 Å². The van der Waals surface area contributed by atoms with Crippen molar-refractivity contribution in [3.05, 3.63) is 99.9 Å². The summed E-state index contributed by atoms with van der Waals surface area (Å²) in [6.45, 7) is 13.3. The first kappa shape index (κ1) is 30.3. The van der Waals surface area contributed by atoms with Crippen LogP contribution in [0.25, 0.3) is 0 Å². The van der Waals surface area contributed by atoms with Crippen LogP contribution in [0, 0.1) is 6.92 Å². The highest BCUT2D eigenvalue weighted by Gasteiger charge is 2.31. The van der Waals surface area contributed by atoms with E-state index in [0.717, 1.165) is 60.2 Å². The van der Waals surface area contributed by atoms with Gasteiger partial charge in [-0.2, -0.15) is 18.3 Å². The van der Waals surface area contributed by atoms with Gasteiger partial charge >= 0.3 is 6.18 Å². The number of hydrogen-bond acceptors (Lipinski definition) is 5. The summed E-state index contributed by atoms with van der Waals surface area (Å²) in [5, 5.41) is 11.1. The molecule has 7 nitrogen and oxygen atoms in total. The second-order valence-corrected chi connectivity index (χ2v) is 12.0. The van der Waals surface area contributed by atoms with Gasteiger partial charge in [0.05, 0.1) is 16.8 Å². The Hall–Kier alpha value is -4.18. The summed E-state index contributed by atoms with van der Waals surface area (Å²) in [4.78, 5) is 19.8. The van der Waals surface area contributed by atoms with Gasteiger partial charge in [-0.1, -0.05) is 19.1 Å². The highest BCUT2D eigenvalue weighted by molar-refractivity contribution is 6.04. The minimum atomic E-state index is -4.52. The predicted molar refractivity (Wildman–Crippen MR) is 163 cm³/mol. The third kappa shape index (κ3) is 7.07. The molecule has 2 N–H and O–H groups in total. The fourth-order valence-corrected chi connectivity index (χ4v) is 5.25. The van der Waals surface area contributed by atoms with E-state index in [1.54, 1.807) is 6.07 Å². The Labute approximate surface area is 250 Å². The summed E-state index contributed by atoms with van der Waals surface area (Å²) >= 11 is 0. The van der Waals surface area contributed by atoms with Crippen molar-refractivity contribution in [2.75, 3.05) is 17.2 Å². The highest BCUT2D eigenvalue weighted by atomic mass is 19.4. The molecule has 0 atom stereocenters. The van der Waals surface area contributed by atoms with Crippen LogP contribution in [-0.2, 0) is 37.6 Å². The Bertz CT molecular complexity index is 1640. The third-order valence-electron chi connectivity index (χ3n) is 7.68. The van der Waals surface area contributed by atoms with E-state index in [2.05, 4.69) is 54.3 Å². The van der Waals surface area contributed by atoms with Crippen molar-refractivity contribution in [2.24, 2.45) is 0 Å². The summed E-state index contributed by atoms with van der Waals surface area (Å²) in [5.74, 6) is 1.05. The smallest absolute Gasteiger partial charge is 0.325 e. The molecule has 0 spiro atoms. The van der Waals surface area contributed by atoms with Crippen LogP contribution in [0.1, 0.15) is 71.6 Å². The van der Waals surface area contributed by atoms with Gasteiger partial charge in [0.15, 0.2) is 0 Å². The van der Waals surface area contributed by atoms with Crippen LogP contribution in [0.3, 0.4) is 0 Å². The summed E-state index contributed by atoms with van der Waals surface area (Å²) in [6, 6.07) is 14.1. The van der Waals surface area contributed by atoms with Crippen molar-refractivity contribution in [2.45, 2.75) is 72.3 Å². The molecule has 3 heterocycles. The average molecular weight is 591 g/mol. The number of hydrogen-bond donors (Lipinski definition) is 2. The Morgan fingerprint density at radius 3 is 2.47 bits per heavy atom. The number of carbonyl (C=O) groups excluding carboxylic acids is 1. The lowest BCUT2D eigenvalue weighted by atomic mass is 10.0. The Balaban J connectivity index is 1.30. The average Bonchev–Trinajstić information content (AvgIpc) is 3.56. The van der Waals surface area contributed by atoms with Crippen LogP contribution in [0.5, 0.6) is 0 Å². The van der Waals surface area contributed by atoms with Gasteiger partial charge in [-0.25, -0.2) is 9.67 Å². The summed E-state index contributed by atoms with van der Waals surface area (Å²) in [5.41, 5.74) is 4.88. The zero-order valence-corrected chi connectivity index (χ0v) is 25.1. The summed E-state index contributed by atoms with van der Waals surface area (Å²) in [6.07, 6.45) is -1.24. The third-order valence-corrected chi connectivity index (χ3v) is 7.68. The molecular weight excluding hydrogens is 553 g/mol. The van der Waals surface area contributed by atoms with E-state index < -0.39 is 17.6 Å². The van der Waals surface area contributed by atoms with Crippen molar-refractivity contribution in [1.29, 1.82) is 0 Å².